The zero-order valence-corrected chi connectivity index (χ0v) is 26.3. The summed E-state index contributed by atoms with van der Waals surface area (Å²) in [7, 11) is -4.98. The smallest absolute Gasteiger partial charge is 0.363 e. The third kappa shape index (κ3) is 5.91. The number of carbonyl (C=O) groups is 4. The molecule has 7 rings (SSSR count). The zero-order chi connectivity index (χ0) is 31.6. The van der Waals surface area contributed by atoms with Crippen molar-refractivity contribution in [2.24, 2.45) is 17.8 Å². The number of hydrogen-bond donors (Lipinski definition) is 3. The van der Waals surface area contributed by atoms with Crippen molar-refractivity contribution in [1.29, 1.82) is 0 Å². The summed E-state index contributed by atoms with van der Waals surface area (Å²) in [6.07, 6.45) is 3.59. The Morgan fingerprint density at radius 3 is 2.47 bits per heavy atom. The van der Waals surface area contributed by atoms with Crippen LogP contribution >= 0.6 is 18.9 Å². The van der Waals surface area contributed by atoms with Gasteiger partial charge in [-0.15, -0.1) is 11.3 Å². The van der Waals surface area contributed by atoms with Gasteiger partial charge in [0.1, 0.15) is 12.1 Å². The number of likely N-dealkylation sites (tertiary alicyclic amines) is 1. The third-order valence-electron chi connectivity index (χ3n) is 10.0. The Labute approximate surface area is 263 Å². The molecule has 0 radical (unpaired) electrons. The average Bonchev–Trinajstić information content (AvgIpc) is 3.36. The number of hydrogen-bond acceptors (Lipinski definition) is 7. The van der Waals surface area contributed by atoms with Crippen LogP contribution in [0.1, 0.15) is 53.3 Å². The SMILES string of the molecule is O=C(N[C@H]1C[C@@H]2C[C@@H]2C[C@H]2CC[C@@H](C(=O)N3CC(C(=O)N4CCOCC4)C3)N2C1=O)c1cc2cc([C@H](F)P(=O)(O)O)ccc2s1. The Kier molecular flexibility index (Phi) is 8.00. The second kappa shape index (κ2) is 11.7. The number of benzene rings is 1. The molecule has 4 saturated heterocycles. The van der Waals surface area contributed by atoms with Gasteiger partial charge in [0, 0.05) is 36.9 Å². The van der Waals surface area contributed by atoms with Crippen molar-refractivity contribution in [3.05, 3.63) is 34.7 Å². The van der Waals surface area contributed by atoms with Gasteiger partial charge in [0.05, 0.1) is 24.0 Å². The fourth-order valence-electron chi connectivity index (χ4n) is 7.44. The molecule has 4 amide bonds. The fourth-order valence-corrected chi connectivity index (χ4v) is 8.94. The van der Waals surface area contributed by atoms with Gasteiger partial charge < -0.3 is 34.5 Å². The lowest BCUT2D eigenvalue weighted by atomic mass is 9.96. The first-order valence-electron chi connectivity index (χ1n) is 15.5. The van der Waals surface area contributed by atoms with E-state index in [-0.39, 0.29) is 40.1 Å². The van der Waals surface area contributed by atoms with Crippen molar-refractivity contribution in [3.8, 4) is 0 Å². The number of thiophene rings is 1. The van der Waals surface area contributed by atoms with Crippen molar-refractivity contribution in [2.45, 2.75) is 56.1 Å². The number of morpholine rings is 1. The van der Waals surface area contributed by atoms with Gasteiger partial charge in [-0.25, -0.2) is 4.39 Å². The number of rotatable bonds is 6. The predicted octanol–water partition coefficient (Wildman–Crippen LogP) is 2.25. The highest BCUT2D eigenvalue weighted by molar-refractivity contribution is 7.51. The standard InChI is InChI=1S/C30H36FN4O8PS/c31-26(44(40,41)42)16-1-4-24-19(9-16)13-25(45-24)27(36)32-22-12-18-10-17(18)11-21-2-3-23(35(21)29(22)38)30(39)34-14-20(15-34)28(37)33-5-7-43-8-6-33/h1,4,9,13,17-18,20-23,26H,2-3,5-8,10-12,14-15H2,(H,32,36)(H2,40,41,42)/t17-,18+,21-,22+,23+,26-/m1/s1. The zero-order valence-electron chi connectivity index (χ0n) is 24.5. The van der Waals surface area contributed by atoms with E-state index in [4.69, 9.17) is 4.74 Å². The maximum atomic E-state index is 14.3. The van der Waals surface area contributed by atoms with Gasteiger partial charge >= 0.3 is 7.60 Å². The van der Waals surface area contributed by atoms with Gasteiger partial charge in [0.15, 0.2) is 0 Å². The van der Waals surface area contributed by atoms with Gasteiger partial charge in [-0.3, -0.25) is 23.7 Å². The van der Waals surface area contributed by atoms with E-state index in [1.165, 1.54) is 24.3 Å². The molecule has 1 aromatic heterocycles. The summed E-state index contributed by atoms with van der Waals surface area (Å²) in [5, 5.41) is 3.38. The van der Waals surface area contributed by atoms with Crippen LogP contribution in [0.3, 0.4) is 0 Å². The van der Waals surface area contributed by atoms with E-state index >= 15 is 0 Å². The Morgan fingerprint density at radius 2 is 1.73 bits per heavy atom. The van der Waals surface area contributed by atoms with Crippen LogP contribution in [0.5, 0.6) is 0 Å². The van der Waals surface area contributed by atoms with Crippen molar-refractivity contribution >= 4 is 52.6 Å². The van der Waals surface area contributed by atoms with Crippen LogP contribution in [0.2, 0.25) is 0 Å². The minimum absolute atomic E-state index is 0.0419. The number of nitrogens with zero attached hydrogens (tertiary/aromatic N) is 3. The van der Waals surface area contributed by atoms with Crippen molar-refractivity contribution < 1.29 is 42.7 Å². The van der Waals surface area contributed by atoms with Crippen LogP contribution in [0.4, 0.5) is 4.39 Å². The first kappa shape index (κ1) is 30.7. The molecule has 1 aromatic carbocycles. The van der Waals surface area contributed by atoms with Gasteiger partial charge in [0.25, 0.3) is 5.91 Å². The molecule has 3 N–H and O–H groups in total. The molecular formula is C30H36FN4O8PS. The highest BCUT2D eigenvalue weighted by Gasteiger charge is 2.53. The highest BCUT2D eigenvalue weighted by Crippen LogP contribution is 2.53. The van der Waals surface area contributed by atoms with Crippen LogP contribution in [-0.4, -0.2) is 106 Å². The second-order valence-corrected chi connectivity index (χ2v) is 15.7. The number of nitrogens with one attached hydrogen (secondary N) is 1. The Morgan fingerprint density at radius 1 is 1.00 bits per heavy atom. The van der Waals surface area contributed by atoms with Crippen molar-refractivity contribution in [2.75, 3.05) is 39.4 Å². The predicted molar refractivity (Wildman–Crippen MR) is 161 cm³/mol. The Balaban J connectivity index is 1.04. The number of fused-ring (bicyclic) bond motifs is 3. The quantitative estimate of drug-likeness (QED) is 0.398. The number of ether oxygens (including phenoxy) is 1. The van der Waals surface area contributed by atoms with E-state index in [1.807, 2.05) is 0 Å². The number of carbonyl (C=O) groups excluding carboxylic acids is 4. The van der Waals surface area contributed by atoms with E-state index in [1.54, 1.807) is 14.7 Å². The van der Waals surface area contributed by atoms with Crippen LogP contribution in [-0.2, 0) is 23.7 Å². The summed E-state index contributed by atoms with van der Waals surface area (Å²) in [6.45, 7) is 2.83. The molecule has 45 heavy (non-hydrogen) atoms. The molecule has 5 fully saturated rings. The van der Waals surface area contributed by atoms with Crippen molar-refractivity contribution in [1.82, 2.24) is 20.0 Å². The molecule has 5 heterocycles. The molecule has 2 aromatic rings. The summed E-state index contributed by atoms with van der Waals surface area (Å²) >= 11 is 1.14. The summed E-state index contributed by atoms with van der Waals surface area (Å²) in [4.78, 5) is 78.0. The monoisotopic (exact) mass is 662 g/mol. The van der Waals surface area contributed by atoms with Crippen molar-refractivity contribution in [3.63, 3.8) is 0 Å². The molecule has 0 bridgehead atoms. The van der Waals surface area contributed by atoms with Crippen LogP contribution < -0.4 is 5.32 Å². The molecule has 1 aliphatic carbocycles. The lowest BCUT2D eigenvalue weighted by Gasteiger charge is -2.44. The third-order valence-corrected chi connectivity index (χ3v) is 12.0. The molecule has 0 spiro atoms. The highest BCUT2D eigenvalue weighted by atomic mass is 32.1. The molecule has 15 heteroatoms. The fraction of sp³-hybridized carbons (Fsp3) is 0.600. The maximum absolute atomic E-state index is 14.3. The lowest BCUT2D eigenvalue weighted by molar-refractivity contribution is -0.156. The van der Waals surface area contributed by atoms with Gasteiger partial charge in [-0.2, -0.15) is 0 Å². The first-order chi connectivity index (χ1) is 21.5. The number of alkyl halides is 1. The van der Waals surface area contributed by atoms with Gasteiger partial charge in [-0.05, 0) is 73.1 Å². The van der Waals surface area contributed by atoms with Crippen LogP contribution in [0.25, 0.3) is 10.1 Å². The van der Waals surface area contributed by atoms with Gasteiger partial charge in [-0.1, -0.05) is 6.07 Å². The summed E-state index contributed by atoms with van der Waals surface area (Å²) < 4.78 is 31.6. The molecule has 6 atom stereocenters. The van der Waals surface area contributed by atoms with E-state index in [2.05, 4.69) is 5.32 Å². The van der Waals surface area contributed by atoms with E-state index < -0.39 is 31.5 Å². The summed E-state index contributed by atoms with van der Waals surface area (Å²) in [6, 6.07) is 4.16. The lowest BCUT2D eigenvalue weighted by Crippen LogP contribution is -2.62. The number of amides is 4. The van der Waals surface area contributed by atoms with E-state index in [0.717, 1.165) is 30.6 Å². The molecular weight excluding hydrogens is 626 g/mol. The molecule has 5 aliphatic rings. The second-order valence-electron chi connectivity index (χ2n) is 13.0. The Bertz CT molecular complexity index is 1590. The minimum Gasteiger partial charge on any atom is -0.378 e. The maximum Gasteiger partial charge on any atom is 0.363 e. The first-order valence-corrected chi connectivity index (χ1v) is 18.0. The Hall–Kier alpha value is -2.90. The molecule has 242 valence electrons. The van der Waals surface area contributed by atoms with E-state index in [0.29, 0.717) is 74.2 Å². The molecule has 12 nitrogen and oxygen atoms in total. The van der Waals surface area contributed by atoms with Crippen LogP contribution in [0, 0.1) is 17.8 Å². The molecule has 0 unspecified atom stereocenters. The van der Waals surface area contributed by atoms with E-state index in [9.17, 15) is 37.9 Å². The van der Waals surface area contributed by atoms with Gasteiger partial charge in [0.2, 0.25) is 23.6 Å². The topological polar surface area (TPSA) is 157 Å². The minimum atomic E-state index is -4.98. The normalized spacial score (nSPS) is 29.4. The number of halogens is 1. The summed E-state index contributed by atoms with van der Waals surface area (Å²) in [5.41, 5.74) is -0.176. The molecule has 1 saturated carbocycles. The molecule has 4 aliphatic heterocycles. The summed E-state index contributed by atoms with van der Waals surface area (Å²) in [5.74, 6) is -2.75. The largest absolute Gasteiger partial charge is 0.378 e. The van der Waals surface area contributed by atoms with Crippen LogP contribution in [0.15, 0.2) is 24.3 Å². The average molecular weight is 663 g/mol.